The summed E-state index contributed by atoms with van der Waals surface area (Å²) in [6.45, 7) is 0. The zero-order chi connectivity index (χ0) is 12.3. The summed E-state index contributed by atoms with van der Waals surface area (Å²) in [6, 6.07) is 2.53. The number of rotatable bonds is 3. The van der Waals surface area contributed by atoms with Crippen molar-refractivity contribution in [2.75, 3.05) is 12.0 Å². The van der Waals surface area contributed by atoms with Crippen molar-refractivity contribution in [2.45, 2.75) is 12.3 Å². The van der Waals surface area contributed by atoms with Gasteiger partial charge in [-0.25, -0.2) is 4.39 Å². The van der Waals surface area contributed by atoms with Crippen LogP contribution < -0.4 is 0 Å². The molecule has 0 aliphatic heterocycles. The van der Waals surface area contributed by atoms with Crippen LogP contribution in [0.1, 0.15) is 17.2 Å². The van der Waals surface area contributed by atoms with Gasteiger partial charge in [0.05, 0.1) is 11.7 Å². The van der Waals surface area contributed by atoms with Crippen molar-refractivity contribution in [2.24, 2.45) is 0 Å². The molecule has 90 valence electrons. The summed E-state index contributed by atoms with van der Waals surface area (Å²) in [5, 5.41) is 9.49. The molecule has 1 N–H and O–H groups in total. The van der Waals surface area contributed by atoms with Gasteiger partial charge in [0.2, 0.25) is 0 Å². The lowest BCUT2D eigenvalue weighted by molar-refractivity contribution is -0.140. The Morgan fingerprint density at radius 2 is 2.00 bits per heavy atom. The van der Waals surface area contributed by atoms with E-state index in [4.69, 9.17) is 0 Å². The largest absolute Gasteiger partial charge is 0.419 e. The molecule has 1 aromatic carbocycles. The topological polar surface area (TPSA) is 20.2 Å². The molecule has 0 aromatic heterocycles. The lowest BCUT2D eigenvalue weighted by atomic mass is 10.1. The van der Waals surface area contributed by atoms with Crippen LogP contribution in [0, 0.1) is 5.82 Å². The van der Waals surface area contributed by atoms with Gasteiger partial charge in [0.15, 0.2) is 0 Å². The smallest absolute Gasteiger partial charge is 0.388 e. The van der Waals surface area contributed by atoms with Gasteiger partial charge in [0.1, 0.15) is 5.82 Å². The van der Waals surface area contributed by atoms with Gasteiger partial charge < -0.3 is 5.11 Å². The normalized spacial score (nSPS) is 13.9. The van der Waals surface area contributed by atoms with Gasteiger partial charge in [0.25, 0.3) is 0 Å². The van der Waals surface area contributed by atoms with Crippen molar-refractivity contribution in [1.29, 1.82) is 0 Å². The number of halogens is 4. The molecule has 1 aromatic rings. The third-order valence-electron chi connectivity index (χ3n) is 2.01. The lowest BCUT2D eigenvalue weighted by Gasteiger charge is -2.13. The minimum absolute atomic E-state index is 0.0723. The zero-order valence-corrected chi connectivity index (χ0v) is 9.20. The molecule has 0 aliphatic carbocycles. The van der Waals surface area contributed by atoms with Crippen LogP contribution in [0.3, 0.4) is 0 Å². The molecule has 0 bridgehead atoms. The average molecular weight is 254 g/mol. The molecule has 1 nitrogen and oxygen atoms in total. The van der Waals surface area contributed by atoms with Crippen LogP contribution in [0.25, 0.3) is 0 Å². The number of thioether (sulfide) groups is 1. The second-order valence-electron chi connectivity index (χ2n) is 3.21. The Kier molecular flexibility index (Phi) is 4.21. The van der Waals surface area contributed by atoms with Crippen LogP contribution in [-0.4, -0.2) is 17.1 Å². The fourth-order valence-electron chi connectivity index (χ4n) is 1.22. The van der Waals surface area contributed by atoms with E-state index in [0.717, 1.165) is 12.1 Å². The first kappa shape index (κ1) is 13.3. The van der Waals surface area contributed by atoms with Gasteiger partial charge in [0, 0.05) is 5.75 Å². The van der Waals surface area contributed by atoms with Gasteiger partial charge in [-0.3, -0.25) is 0 Å². The van der Waals surface area contributed by atoms with Crippen molar-refractivity contribution in [3.8, 4) is 0 Å². The van der Waals surface area contributed by atoms with E-state index in [-0.39, 0.29) is 11.3 Å². The molecule has 0 radical (unpaired) electrons. The molecular formula is C10H10F4OS. The fourth-order valence-corrected chi connectivity index (χ4v) is 1.73. The monoisotopic (exact) mass is 254 g/mol. The van der Waals surface area contributed by atoms with E-state index in [0.29, 0.717) is 6.07 Å². The number of aliphatic hydroxyl groups excluding tert-OH is 1. The highest BCUT2D eigenvalue weighted by atomic mass is 32.2. The molecule has 1 rings (SSSR count). The number of hydrogen-bond acceptors (Lipinski definition) is 2. The Morgan fingerprint density at radius 1 is 1.38 bits per heavy atom. The summed E-state index contributed by atoms with van der Waals surface area (Å²) in [5.74, 6) is -1.06. The Labute approximate surface area is 94.5 Å². The predicted octanol–water partition coefficient (Wildman–Crippen LogP) is 3.24. The highest BCUT2D eigenvalue weighted by Gasteiger charge is 2.34. The Bertz CT molecular complexity index is 364. The molecule has 0 fully saturated rings. The van der Waals surface area contributed by atoms with E-state index in [1.165, 1.54) is 11.8 Å². The molecule has 6 heteroatoms. The molecular weight excluding hydrogens is 244 g/mol. The number of alkyl halides is 3. The van der Waals surface area contributed by atoms with Gasteiger partial charge in [-0.15, -0.1) is 0 Å². The van der Waals surface area contributed by atoms with Gasteiger partial charge in [-0.2, -0.15) is 24.9 Å². The summed E-state index contributed by atoms with van der Waals surface area (Å²) in [4.78, 5) is 0. The average Bonchev–Trinajstić information content (AvgIpc) is 2.16. The van der Waals surface area contributed by atoms with Gasteiger partial charge in [-0.05, 0) is 24.0 Å². The highest BCUT2D eigenvalue weighted by molar-refractivity contribution is 7.98. The molecule has 0 saturated heterocycles. The highest BCUT2D eigenvalue weighted by Crippen LogP contribution is 2.33. The van der Waals surface area contributed by atoms with Crippen molar-refractivity contribution in [1.82, 2.24) is 0 Å². The SMILES string of the molecule is CSCC(O)c1ccc(F)c(C(F)(F)F)c1. The Balaban J connectivity index is 3.07. The van der Waals surface area contributed by atoms with E-state index in [2.05, 4.69) is 0 Å². The number of aliphatic hydroxyl groups is 1. The van der Waals surface area contributed by atoms with Gasteiger partial charge in [-0.1, -0.05) is 6.07 Å². The third kappa shape index (κ3) is 3.12. The fraction of sp³-hybridized carbons (Fsp3) is 0.400. The molecule has 0 aliphatic rings. The summed E-state index contributed by atoms with van der Waals surface area (Å²) in [6.07, 6.45) is -4.03. The lowest BCUT2D eigenvalue weighted by Crippen LogP contribution is -2.10. The molecule has 0 spiro atoms. The maximum atomic E-state index is 12.9. The maximum Gasteiger partial charge on any atom is 0.419 e. The van der Waals surface area contributed by atoms with Gasteiger partial charge >= 0.3 is 6.18 Å². The van der Waals surface area contributed by atoms with Crippen LogP contribution in [0.4, 0.5) is 17.6 Å². The third-order valence-corrected chi connectivity index (χ3v) is 2.65. The van der Waals surface area contributed by atoms with E-state index in [1.54, 1.807) is 6.26 Å². The van der Waals surface area contributed by atoms with Crippen LogP contribution in [0.5, 0.6) is 0 Å². The first-order chi connectivity index (χ1) is 7.36. The molecule has 1 unspecified atom stereocenters. The number of hydrogen-bond donors (Lipinski definition) is 1. The molecule has 0 amide bonds. The summed E-state index contributed by atoms with van der Waals surface area (Å²) in [7, 11) is 0. The van der Waals surface area contributed by atoms with E-state index in [1.807, 2.05) is 0 Å². The summed E-state index contributed by atoms with van der Waals surface area (Å²) < 4.78 is 50.0. The molecule has 0 saturated carbocycles. The van der Waals surface area contributed by atoms with Crippen molar-refractivity contribution >= 4 is 11.8 Å². The molecule has 16 heavy (non-hydrogen) atoms. The van der Waals surface area contributed by atoms with Crippen LogP contribution in [-0.2, 0) is 6.18 Å². The van der Waals surface area contributed by atoms with Crippen LogP contribution >= 0.6 is 11.8 Å². The quantitative estimate of drug-likeness (QED) is 0.836. The number of benzene rings is 1. The standard InChI is InChI=1S/C10H10F4OS/c1-16-5-9(15)6-2-3-8(11)7(4-6)10(12,13)14/h2-4,9,15H,5H2,1H3. The predicted molar refractivity (Wildman–Crippen MR) is 54.7 cm³/mol. The second kappa shape index (κ2) is 5.05. The first-order valence-electron chi connectivity index (χ1n) is 4.40. The van der Waals surface area contributed by atoms with Crippen LogP contribution in [0.2, 0.25) is 0 Å². The Hall–Kier alpha value is -0.750. The van der Waals surface area contributed by atoms with Crippen molar-refractivity contribution < 1.29 is 22.7 Å². The second-order valence-corrected chi connectivity index (χ2v) is 4.12. The van der Waals surface area contributed by atoms with E-state index < -0.39 is 23.7 Å². The summed E-state index contributed by atoms with van der Waals surface area (Å²) >= 11 is 1.30. The van der Waals surface area contributed by atoms with Crippen molar-refractivity contribution in [3.05, 3.63) is 35.1 Å². The minimum atomic E-state index is -4.74. The maximum absolute atomic E-state index is 12.9. The van der Waals surface area contributed by atoms with E-state index >= 15 is 0 Å². The Morgan fingerprint density at radius 3 is 2.50 bits per heavy atom. The van der Waals surface area contributed by atoms with E-state index in [9.17, 15) is 22.7 Å². The first-order valence-corrected chi connectivity index (χ1v) is 5.79. The molecule has 1 atom stereocenters. The summed E-state index contributed by atoms with van der Waals surface area (Å²) in [5.41, 5.74) is -1.27. The minimum Gasteiger partial charge on any atom is -0.388 e. The zero-order valence-electron chi connectivity index (χ0n) is 8.38. The van der Waals surface area contributed by atoms with Crippen LogP contribution in [0.15, 0.2) is 18.2 Å². The van der Waals surface area contributed by atoms with Crippen molar-refractivity contribution in [3.63, 3.8) is 0 Å². The molecule has 0 heterocycles.